The number of anilines is 1. The van der Waals surface area contributed by atoms with Crippen molar-refractivity contribution in [1.82, 2.24) is 4.57 Å². The second-order valence-corrected chi connectivity index (χ2v) is 3.78. The van der Waals surface area contributed by atoms with Crippen molar-refractivity contribution in [3.05, 3.63) is 41.3 Å². The van der Waals surface area contributed by atoms with Crippen LogP contribution in [0.2, 0.25) is 0 Å². The van der Waals surface area contributed by atoms with Crippen molar-refractivity contribution in [2.45, 2.75) is 25.8 Å². The van der Waals surface area contributed by atoms with Crippen molar-refractivity contribution in [2.75, 3.05) is 5.32 Å². The Morgan fingerprint density at radius 2 is 2.33 bits per heavy atom. The van der Waals surface area contributed by atoms with Crippen LogP contribution in [-0.2, 0) is 7.05 Å². The molecule has 0 aromatic carbocycles. The monoisotopic (exact) mass is 206 g/mol. The lowest BCUT2D eigenvalue weighted by Crippen LogP contribution is -2.19. The minimum atomic E-state index is 0.0132. The fraction of sp³-hybridized carbons (Fsp3) is 0.417. The number of aromatic nitrogens is 1. The maximum atomic E-state index is 11.2. The highest BCUT2D eigenvalue weighted by Gasteiger charge is 2.01. The molecule has 0 saturated heterocycles. The van der Waals surface area contributed by atoms with E-state index in [-0.39, 0.29) is 5.56 Å². The molecule has 0 aliphatic rings. The molecule has 0 bridgehead atoms. The smallest absolute Gasteiger partial charge is 0.250 e. The molecule has 1 rings (SSSR count). The van der Waals surface area contributed by atoms with Crippen LogP contribution in [0.3, 0.4) is 0 Å². The average Bonchev–Trinajstić information content (AvgIpc) is 2.20. The van der Waals surface area contributed by atoms with Gasteiger partial charge in [-0.3, -0.25) is 4.79 Å². The molecule has 1 aromatic heterocycles. The molecule has 82 valence electrons. The van der Waals surface area contributed by atoms with Crippen LogP contribution in [0.25, 0.3) is 0 Å². The molecule has 1 heterocycles. The number of aryl methyl sites for hydroxylation is 1. The molecule has 0 aliphatic heterocycles. The normalized spacial score (nSPS) is 12.1. The summed E-state index contributed by atoms with van der Waals surface area (Å²) < 4.78 is 1.57. The number of allylic oxidation sites excluding steroid dienone is 1. The number of nitrogens with one attached hydrogen (secondary N) is 1. The van der Waals surface area contributed by atoms with Crippen LogP contribution in [0.5, 0.6) is 0 Å². The van der Waals surface area contributed by atoms with E-state index < -0.39 is 0 Å². The first kappa shape index (κ1) is 11.6. The molecule has 0 spiro atoms. The highest BCUT2D eigenvalue weighted by atomic mass is 16.1. The van der Waals surface area contributed by atoms with Gasteiger partial charge in [-0.05, 0) is 25.8 Å². The molecule has 1 unspecified atom stereocenters. The van der Waals surface area contributed by atoms with E-state index in [2.05, 4.69) is 18.8 Å². The summed E-state index contributed by atoms with van der Waals surface area (Å²) in [5, 5.41) is 3.34. The van der Waals surface area contributed by atoms with Crippen LogP contribution < -0.4 is 10.9 Å². The standard InChI is InChI=1S/C12H18N2O/c1-4-5-6-10(2)13-11-7-8-12(15)14(3)9-11/h4,7-10,13H,1,5-6H2,2-3H3. The van der Waals surface area contributed by atoms with Crippen molar-refractivity contribution in [3.8, 4) is 0 Å². The maximum absolute atomic E-state index is 11.2. The Balaban J connectivity index is 2.60. The molecular formula is C12H18N2O. The van der Waals surface area contributed by atoms with E-state index in [9.17, 15) is 4.79 Å². The zero-order valence-corrected chi connectivity index (χ0v) is 9.36. The number of nitrogens with zero attached hydrogens (tertiary/aromatic N) is 1. The molecule has 3 nitrogen and oxygen atoms in total. The summed E-state index contributed by atoms with van der Waals surface area (Å²) in [4.78, 5) is 11.2. The first-order chi connectivity index (χ1) is 7.13. The van der Waals surface area contributed by atoms with E-state index in [1.807, 2.05) is 18.3 Å². The minimum Gasteiger partial charge on any atom is -0.381 e. The van der Waals surface area contributed by atoms with Gasteiger partial charge in [0.05, 0.1) is 5.69 Å². The SMILES string of the molecule is C=CCCC(C)Nc1ccc(=O)n(C)c1. The fourth-order valence-corrected chi connectivity index (χ4v) is 1.40. The third-order valence-corrected chi connectivity index (χ3v) is 2.30. The fourth-order valence-electron chi connectivity index (χ4n) is 1.40. The zero-order valence-electron chi connectivity index (χ0n) is 9.36. The summed E-state index contributed by atoms with van der Waals surface area (Å²) in [6.45, 7) is 5.81. The Morgan fingerprint density at radius 3 is 2.93 bits per heavy atom. The second-order valence-electron chi connectivity index (χ2n) is 3.78. The van der Waals surface area contributed by atoms with Crippen LogP contribution in [-0.4, -0.2) is 10.6 Å². The van der Waals surface area contributed by atoms with Gasteiger partial charge in [0, 0.05) is 25.4 Å². The summed E-state index contributed by atoms with van der Waals surface area (Å²) in [7, 11) is 1.75. The van der Waals surface area contributed by atoms with Gasteiger partial charge in [-0.15, -0.1) is 6.58 Å². The summed E-state index contributed by atoms with van der Waals surface area (Å²) in [6, 6.07) is 3.77. The third kappa shape index (κ3) is 3.62. The van der Waals surface area contributed by atoms with Gasteiger partial charge in [-0.2, -0.15) is 0 Å². The predicted octanol–water partition coefficient (Wildman–Crippen LogP) is 2.15. The highest BCUT2D eigenvalue weighted by Crippen LogP contribution is 2.08. The third-order valence-electron chi connectivity index (χ3n) is 2.30. The lowest BCUT2D eigenvalue weighted by molar-refractivity contribution is 0.716. The predicted molar refractivity (Wildman–Crippen MR) is 64.2 cm³/mol. The molecule has 0 amide bonds. The number of pyridine rings is 1. The van der Waals surface area contributed by atoms with E-state index in [4.69, 9.17) is 0 Å². The Kier molecular flexibility index (Phi) is 4.16. The van der Waals surface area contributed by atoms with Crippen LogP contribution in [0.15, 0.2) is 35.8 Å². The average molecular weight is 206 g/mol. The van der Waals surface area contributed by atoms with Gasteiger partial charge in [-0.1, -0.05) is 6.08 Å². The number of rotatable bonds is 5. The van der Waals surface area contributed by atoms with Crippen LogP contribution in [0.4, 0.5) is 5.69 Å². The van der Waals surface area contributed by atoms with Crippen molar-refractivity contribution in [2.24, 2.45) is 7.05 Å². The quantitative estimate of drug-likeness (QED) is 0.749. The van der Waals surface area contributed by atoms with E-state index in [0.717, 1.165) is 18.5 Å². The van der Waals surface area contributed by atoms with Crippen molar-refractivity contribution in [3.63, 3.8) is 0 Å². The largest absolute Gasteiger partial charge is 0.381 e. The van der Waals surface area contributed by atoms with Crippen molar-refractivity contribution < 1.29 is 0 Å². The van der Waals surface area contributed by atoms with Gasteiger partial charge >= 0.3 is 0 Å². The lowest BCUT2D eigenvalue weighted by Gasteiger charge is -2.14. The van der Waals surface area contributed by atoms with Gasteiger partial charge in [0.25, 0.3) is 0 Å². The molecule has 1 N–H and O–H groups in total. The molecule has 15 heavy (non-hydrogen) atoms. The minimum absolute atomic E-state index is 0.0132. The van der Waals surface area contributed by atoms with Crippen LogP contribution in [0, 0.1) is 0 Å². The molecule has 0 fully saturated rings. The van der Waals surface area contributed by atoms with E-state index in [1.54, 1.807) is 17.7 Å². The van der Waals surface area contributed by atoms with E-state index >= 15 is 0 Å². The Bertz CT molecular complexity index is 381. The Morgan fingerprint density at radius 1 is 1.60 bits per heavy atom. The van der Waals surface area contributed by atoms with Crippen molar-refractivity contribution >= 4 is 5.69 Å². The molecule has 1 atom stereocenters. The van der Waals surface area contributed by atoms with Gasteiger partial charge in [0.2, 0.25) is 5.56 Å². The second kappa shape index (κ2) is 5.39. The van der Waals surface area contributed by atoms with E-state index in [1.165, 1.54) is 0 Å². The number of hydrogen-bond donors (Lipinski definition) is 1. The van der Waals surface area contributed by atoms with Gasteiger partial charge in [0.15, 0.2) is 0 Å². The lowest BCUT2D eigenvalue weighted by atomic mass is 10.2. The summed E-state index contributed by atoms with van der Waals surface area (Å²) >= 11 is 0. The van der Waals surface area contributed by atoms with Gasteiger partial charge in [-0.25, -0.2) is 0 Å². The van der Waals surface area contributed by atoms with E-state index in [0.29, 0.717) is 6.04 Å². The molecule has 3 heteroatoms. The molecule has 0 radical (unpaired) electrons. The van der Waals surface area contributed by atoms with Crippen LogP contribution >= 0.6 is 0 Å². The molecule has 0 saturated carbocycles. The molecule has 1 aromatic rings. The maximum Gasteiger partial charge on any atom is 0.250 e. The van der Waals surface area contributed by atoms with Gasteiger partial charge in [0.1, 0.15) is 0 Å². The number of hydrogen-bond acceptors (Lipinski definition) is 2. The molecular weight excluding hydrogens is 188 g/mol. The van der Waals surface area contributed by atoms with Crippen LogP contribution in [0.1, 0.15) is 19.8 Å². The molecule has 0 aliphatic carbocycles. The Labute approximate surface area is 90.4 Å². The Hall–Kier alpha value is -1.51. The zero-order chi connectivity index (χ0) is 11.3. The summed E-state index contributed by atoms with van der Waals surface area (Å²) in [6.07, 6.45) is 5.78. The topological polar surface area (TPSA) is 34.0 Å². The summed E-state index contributed by atoms with van der Waals surface area (Å²) in [5.74, 6) is 0. The highest BCUT2D eigenvalue weighted by molar-refractivity contribution is 5.40. The summed E-state index contributed by atoms with van der Waals surface area (Å²) in [5.41, 5.74) is 0.993. The van der Waals surface area contributed by atoms with Crippen molar-refractivity contribution in [1.29, 1.82) is 0 Å². The first-order valence-electron chi connectivity index (χ1n) is 5.17. The first-order valence-corrected chi connectivity index (χ1v) is 5.17. The van der Waals surface area contributed by atoms with Gasteiger partial charge < -0.3 is 9.88 Å².